The Hall–Kier alpha value is -1.03. The summed E-state index contributed by atoms with van der Waals surface area (Å²) in [4.78, 5) is 0.0177. The van der Waals surface area contributed by atoms with Crippen LogP contribution < -0.4 is 4.72 Å². The average molecular weight is 303 g/mol. The topological polar surface area (TPSA) is 116 Å². The summed E-state index contributed by atoms with van der Waals surface area (Å²) < 4.78 is 31.5. The lowest BCUT2D eigenvalue weighted by atomic mass is 9.99. The van der Waals surface area contributed by atoms with Crippen LogP contribution in [-0.2, 0) is 14.8 Å². The van der Waals surface area contributed by atoms with Gasteiger partial charge in [0.05, 0.1) is 11.0 Å². The quantitative estimate of drug-likeness (QED) is 0.557. The molecule has 8 heteroatoms. The molecule has 1 aliphatic heterocycles. The zero-order valence-electron chi connectivity index (χ0n) is 10.7. The zero-order valence-corrected chi connectivity index (χ0v) is 11.6. The third-order valence-corrected chi connectivity index (χ3v) is 4.61. The maximum Gasteiger partial charge on any atom is 0.242 e. The molecule has 0 amide bonds. The summed E-state index contributed by atoms with van der Waals surface area (Å²) in [5.74, 6) is 0. The smallest absolute Gasteiger partial charge is 0.242 e. The van der Waals surface area contributed by atoms with Gasteiger partial charge in [-0.3, -0.25) is 0 Å². The van der Waals surface area contributed by atoms with E-state index < -0.39 is 40.7 Å². The number of hydrogen-bond donors (Lipinski definition) is 4. The van der Waals surface area contributed by atoms with Crippen molar-refractivity contribution in [2.75, 3.05) is 0 Å². The standard InChI is InChI=1S/C12H17NO6S/c1-7-9(14)10(15)11(16)12(19-7)13-20(17,18)8-5-3-2-4-6-8/h2-7,9-16H,1H3/t7-,9+,10+,11-,12+/m0/s1. The third-order valence-electron chi connectivity index (χ3n) is 3.18. The van der Waals surface area contributed by atoms with Crippen LogP contribution in [0.1, 0.15) is 6.92 Å². The van der Waals surface area contributed by atoms with E-state index in [2.05, 4.69) is 4.72 Å². The van der Waals surface area contributed by atoms with E-state index in [1.807, 2.05) is 0 Å². The largest absolute Gasteiger partial charge is 0.388 e. The van der Waals surface area contributed by atoms with E-state index in [9.17, 15) is 23.7 Å². The molecular formula is C12H17NO6S. The SMILES string of the molecule is C[C@@H]1O[C@@H](NS(=O)(=O)c2ccccc2)[C@@H](O)[C@H](O)[C@@H]1O. The van der Waals surface area contributed by atoms with Gasteiger partial charge >= 0.3 is 0 Å². The van der Waals surface area contributed by atoms with Gasteiger partial charge in [-0.2, -0.15) is 4.72 Å². The van der Waals surface area contributed by atoms with Crippen LogP contribution in [0, 0.1) is 0 Å². The molecule has 4 N–H and O–H groups in total. The molecule has 0 aromatic heterocycles. The molecule has 1 heterocycles. The normalized spacial score (nSPS) is 34.9. The van der Waals surface area contributed by atoms with Crippen LogP contribution in [0.2, 0.25) is 0 Å². The highest BCUT2D eigenvalue weighted by molar-refractivity contribution is 7.89. The molecule has 20 heavy (non-hydrogen) atoms. The van der Waals surface area contributed by atoms with Gasteiger partial charge in [-0.1, -0.05) is 18.2 Å². The Kier molecular flexibility index (Phi) is 4.43. The first-order valence-corrected chi connectivity index (χ1v) is 7.58. The van der Waals surface area contributed by atoms with Crippen molar-refractivity contribution in [2.24, 2.45) is 0 Å². The van der Waals surface area contributed by atoms with Crippen molar-refractivity contribution in [1.82, 2.24) is 4.72 Å². The Bertz CT molecular complexity index is 548. The minimum Gasteiger partial charge on any atom is -0.388 e. The number of ether oxygens (including phenoxy) is 1. The lowest BCUT2D eigenvalue weighted by Crippen LogP contribution is -2.61. The number of aliphatic hydroxyl groups is 3. The number of rotatable bonds is 3. The van der Waals surface area contributed by atoms with Crippen LogP contribution >= 0.6 is 0 Å². The first kappa shape index (κ1) is 15.4. The molecule has 112 valence electrons. The summed E-state index contributed by atoms with van der Waals surface area (Å²) in [6.45, 7) is 1.48. The van der Waals surface area contributed by atoms with Crippen LogP contribution in [-0.4, -0.2) is 54.4 Å². The summed E-state index contributed by atoms with van der Waals surface area (Å²) >= 11 is 0. The maximum atomic E-state index is 12.1. The fraction of sp³-hybridized carbons (Fsp3) is 0.500. The molecule has 1 fully saturated rings. The van der Waals surface area contributed by atoms with E-state index in [1.165, 1.54) is 19.1 Å². The van der Waals surface area contributed by atoms with E-state index in [1.54, 1.807) is 18.2 Å². The second kappa shape index (κ2) is 5.76. The van der Waals surface area contributed by atoms with Gasteiger partial charge in [-0.05, 0) is 19.1 Å². The van der Waals surface area contributed by atoms with Crippen molar-refractivity contribution in [3.63, 3.8) is 0 Å². The molecule has 0 bridgehead atoms. The van der Waals surface area contributed by atoms with Crippen LogP contribution in [0.5, 0.6) is 0 Å². The molecule has 0 spiro atoms. The van der Waals surface area contributed by atoms with Gasteiger partial charge in [-0.15, -0.1) is 0 Å². The molecule has 0 aliphatic carbocycles. The molecule has 5 atom stereocenters. The molecule has 1 saturated heterocycles. The zero-order chi connectivity index (χ0) is 14.9. The second-order valence-electron chi connectivity index (χ2n) is 4.67. The minimum absolute atomic E-state index is 0.0177. The van der Waals surface area contributed by atoms with Crippen LogP contribution in [0.15, 0.2) is 35.2 Å². The maximum absolute atomic E-state index is 12.1. The Morgan fingerprint density at radius 2 is 1.65 bits per heavy atom. The summed E-state index contributed by atoms with van der Waals surface area (Å²) in [5.41, 5.74) is 0. The fourth-order valence-electron chi connectivity index (χ4n) is 1.97. The molecular weight excluding hydrogens is 286 g/mol. The van der Waals surface area contributed by atoms with Crippen molar-refractivity contribution >= 4 is 10.0 Å². The third kappa shape index (κ3) is 3.00. The van der Waals surface area contributed by atoms with E-state index in [-0.39, 0.29) is 4.90 Å². The van der Waals surface area contributed by atoms with Crippen molar-refractivity contribution in [3.05, 3.63) is 30.3 Å². The van der Waals surface area contributed by atoms with E-state index >= 15 is 0 Å². The van der Waals surface area contributed by atoms with Gasteiger partial charge in [0.25, 0.3) is 0 Å². The number of aliphatic hydroxyl groups excluding tert-OH is 3. The number of hydrogen-bond acceptors (Lipinski definition) is 6. The molecule has 1 aromatic carbocycles. The monoisotopic (exact) mass is 303 g/mol. The summed E-state index contributed by atoms with van der Waals surface area (Å²) in [6.07, 6.45) is -6.45. The number of sulfonamides is 1. The van der Waals surface area contributed by atoms with Gasteiger partial charge in [0.1, 0.15) is 24.5 Å². The molecule has 0 radical (unpaired) electrons. The average Bonchev–Trinajstić information content (AvgIpc) is 2.43. The Balaban J connectivity index is 2.17. The van der Waals surface area contributed by atoms with Gasteiger partial charge < -0.3 is 20.1 Å². The predicted octanol–water partition coefficient (Wildman–Crippen LogP) is -1.21. The highest BCUT2D eigenvalue weighted by Gasteiger charge is 2.43. The molecule has 2 rings (SSSR count). The lowest BCUT2D eigenvalue weighted by molar-refractivity contribution is -0.219. The summed E-state index contributed by atoms with van der Waals surface area (Å²) in [7, 11) is -3.88. The van der Waals surface area contributed by atoms with Crippen molar-refractivity contribution in [2.45, 2.75) is 42.5 Å². The van der Waals surface area contributed by atoms with Gasteiger partial charge in [0, 0.05) is 0 Å². The van der Waals surface area contributed by atoms with E-state index in [0.29, 0.717) is 0 Å². The highest BCUT2D eigenvalue weighted by atomic mass is 32.2. The Morgan fingerprint density at radius 1 is 1.05 bits per heavy atom. The van der Waals surface area contributed by atoms with Crippen molar-refractivity contribution in [3.8, 4) is 0 Å². The molecule has 0 saturated carbocycles. The highest BCUT2D eigenvalue weighted by Crippen LogP contribution is 2.21. The predicted molar refractivity (Wildman–Crippen MR) is 69.1 cm³/mol. The van der Waals surface area contributed by atoms with Gasteiger partial charge in [0.2, 0.25) is 10.0 Å². The van der Waals surface area contributed by atoms with Gasteiger partial charge in [-0.25, -0.2) is 8.42 Å². The summed E-state index contributed by atoms with van der Waals surface area (Å²) in [5, 5.41) is 29.0. The van der Waals surface area contributed by atoms with Crippen LogP contribution in [0.25, 0.3) is 0 Å². The minimum atomic E-state index is -3.88. The van der Waals surface area contributed by atoms with Crippen molar-refractivity contribution in [1.29, 1.82) is 0 Å². The lowest BCUT2D eigenvalue weighted by Gasteiger charge is -2.39. The Morgan fingerprint density at radius 3 is 2.25 bits per heavy atom. The van der Waals surface area contributed by atoms with E-state index in [0.717, 1.165) is 0 Å². The number of nitrogens with one attached hydrogen (secondary N) is 1. The van der Waals surface area contributed by atoms with E-state index in [4.69, 9.17) is 4.74 Å². The second-order valence-corrected chi connectivity index (χ2v) is 6.38. The molecule has 7 nitrogen and oxygen atoms in total. The van der Waals surface area contributed by atoms with Gasteiger partial charge in [0.15, 0.2) is 0 Å². The van der Waals surface area contributed by atoms with Crippen molar-refractivity contribution < 1.29 is 28.5 Å². The Labute approximate surface area is 116 Å². The first-order valence-electron chi connectivity index (χ1n) is 6.10. The molecule has 0 unspecified atom stereocenters. The fourth-order valence-corrected chi connectivity index (χ4v) is 3.12. The number of benzene rings is 1. The molecule has 1 aliphatic rings. The summed E-state index contributed by atoms with van der Waals surface area (Å²) in [6, 6.07) is 7.59. The molecule has 1 aromatic rings. The first-order chi connectivity index (χ1) is 9.33. The van der Waals surface area contributed by atoms with Crippen LogP contribution in [0.3, 0.4) is 0 Å². The van der Waals surface area contributed by atoms with Crippen LogP contribution in [0.4, 0.5) is 0 Å².